The smallest absolute Gasteiger partial charge is 0.234 e. The van der Waals surface area contributed by atoms with Crippen LogP contribution in [0.1, 0.15) is 5.01 Å². The highest BCUT2D eigenvalue weighted by atomic mass is 127. The van der Waals surface area contributed by atoms with Crippen LogP contribution in [0, 0.1) is 6.92 Å². The first-order valence-electron chi connectivity index (χ1n) is 4.53. The molecule has 0 spiro atoms. The standard InChI is InChI=1S/C11H10NS2.HI/c1-7-12(2)9-3-4-10-8(5-6-13-10)11(9)14-7;/h3-6H,1-2H3;1H/q+1;/p-1. The molecule has 0 atom stereocenters. The van der Waals surface area contributed by atoms with Gasteiger partial charge in [0.1, 0.15) is 11.7 Å². The number of rotatable bonds is 0. The molecular weight excluding hydrogens is 337 g/mol. The largest absolute Gasteiger partial charge is 1.00 e. The van der Waals surface area contributed by atoms with Crippen molar-refractivity contribution in [2.75, 3.05) is 0 Å². The molecule has 0 fully saturated rings. The van der Waals surface area contributed by atoms with Crippen molar-refractivity contribution >= 4 is 43.0 Å². The summed E-state index contributed by atoms with van der Waals surface area (Å²) in [4.78, 5) is 0. The molecular formula is C11H10INS2. The highest BCUT2D eigenvalue weighted by molar-refractivity contribution is 7.21. The predicted molar refractivity (Wildman–Crippen MR) is 63.1 cm³/mol. The molecule has 2 heterocycles. The lowest BCUT2D eigenvalue weighted by molar-refractivity contribution is -0.646. The van der Waals surface area contributed by atoms with E-state index in [1.54, 1.807) is 0 Å². The molecule has 0 radical (unpaired) electrons. The van der Waals surface area contributed by atoms with Crippen molar-refractivity contribution in [1.29, 1.82) is 0 Å². The summed E-state index contributed by atoms with van der Waals surface area (Å²) in [6.45, 7) is 2.17. The van der Waals surface area contributed by atoms with Gasteiger partial charge in [-0.05, 0) is 17.5 Å². The summed E-state index contributed by atoms with van der Waals surface area (Å²) < 4.78 is 5.07. The van der Waals surface area contributed by atoms with E-state index in [1.165, 1.54) is 25.3 Å². The van der Waals surface area contributed by atoms with Crippen LogP contribution in [0.25, 0.3) is 20.3 Å². The summed E-state index contributed by atoms with van der Waals surface area (Å²) in [7, 11) is 2.13. The first-order valence-corrected chi connectivity index (χ1v) is 6.22. The summed E-state index contributed by atoms with van der Waals surface area (Å²) in [6, 6.07) is 6.66. The van der Waals surface area contributed by atoms with Crippen LogP contribution in [-0.2, 0) is 7.05 Å². The Morgan fingerprint density at radius 3 is 2.80 bits per heavy atom. The molecule has 78 valence electrons. The molecule has 0 saturated carbocycles. The van der Waals surface area contributed by atoms with E-state index in [1.807, 2.05) is 22.7 Å². The van der Waals surface area contributed by atoms with E-state index in [-0.39, 0.29) is 24.0 Å². The van der Waals surface area contributed by atoms with Crippen LogP contribution in [-0.4, -0.2) is 0 Å². The SMILES string of the molecule is Cc1sc2c3ccsc3ccc2[n+]1C.[I-]. The summed E-state index contributed by atoms with van der Waals surface area (Å²) >= 11 is 3.70. The van der Waals surface area contributed by atoms with Gasteiger partial charge in [-0.2, -0.15) is 4.57 Å². The van der Waals surface area contributed by atoms with Crippen LogP contribution in [0.3, 0.4) is 0 Å². The zero-order chi connectivity index (χ0) is 9.71. The van der Waals surface area contributed by atoms with Crippen LogP contribution in [0.2, 0.25) is 0 Å². The van der Waals surface area contributed by atoms with E-state index in [2.05, 4.69) is 42.1 Å². The van der Waals surface area contributed by atoms with Crippen LogP contribution in [0.5, 0.6) is 0 Å². The third kappa shape index (κ3) is 1.59. The van der Waals surface area contributed by atoms with Gasteiger partial charge in [0.25, 0.3) is 0 Å². The number of benzene rings is 1. The van der Waals surface area contributed by atoms with Gasteiger partial charge >= 0.3 is 0 Å². The molecule has 0 aliphatic rings. The molecule has 0 saturated heterocycles. The highest BCUT2D eigenvalue weighted by Crippen LogP contribution is 2.31. The summed E-state index contributed by atoms with van der Waals surface area (Å²) in [5, 5.41) is 4.93. The molecule has 2 aromatic heterocycles. The van der Waals surface area contributed by atoms with Gasteiger partial charge < -0.3 is 24.0 Å². The number of nitrogens with zero attached hydrogens (tertiary/aromatic N) is 1. The van der Waals surface area contributed by atoms with Crippen LogP contribution in [0.4, 0.5) is 0 Å². The predicted octanol–water partition coefficient (Wildman–Crippen LogP) is 0.253. The van der Waals surface area contributed by atoms with Crippen LogP contribution >= 0.6 is 22.7 Å². The van der Waals surface area contributed by atoms with Gasteiger partial charge in [0, 0.05) is 23.1 Å². The van der Waals surface area contributed by atoms with Crippen molar-refractivity contribution in [2.24, 2.45) is 7.05 Å². The number of thiazole rings is 1. The zero-order valence-electron chi connectivity index (χ0n) is 8.45. The van der Waals surface area contributed by atoms with E-state index in [0.29, 0.717) is 0 Å². The second-order valence-electron chi connectivity index (χ2n) is 3.43. The summed E-state index contributed by atoms with van der Waals surface area (Å²) in [5.74, 6) is 0. The molecule has 3 rings (SSSR count). The number of fused-ring (bicyclic) bond motifs is 3. The fourth-order valence-corrected chi connectivity index (χ4v) is 3.75. The lowest BCUT2D eigenvalue weighted by Crippen LogP contribution is -3.00. The third-order valence-corrected chi connectivity index (χ3v) is 4.73. The Balaban J connectivity index is 0.000000853. The summed E-state index contributed by atoms with van der Waals surface area (Å²) in [6.07, 6.45) is 0. The van der Waals surface area contributed by atoms with Gasteiger partial charge in [-0.15, -0.1) is 11.3 Å². The molecule has 0 amide bonds. The van der Waals surface area contributed by atoms with Crippen molar-refractivity contribution in [3.63, 3.8) is 0 Å². The Hall–Kier alpha value is -0.200. The van der Waals surface area contributed by atoms with Crippen molar-refractivity contribution in [1.82, 2.24) is 0 Å². The summed E-state index contributed by atoms with van der Waals surface area (Å²) in [5.41, 5.74) is 1.35. The lowest BCUT2D eigenvalue weighted by Gasteiger charge is -1.88. The van der Waals surface area contributed by atoms with Gasteiger partial charge in [0.05, 0.1) is 0 Å². The average Bonchev–Trinajstić information content (AvgIpc) is 2.73. The second kappa shape index (κ2) is 3.99. The Labute approximate surface area is 113 Å². The van der Waals surface area contributed by atoms with Crippen LogP contribution < -0.4 is 28.5 Å². The number of aromatic nitrogens is 1. The third-order valence-electron chi connectivity index (χ3n) is 2.65. The van der Waals surface area contributed by atoms with E-state index in [0.717, 1.165) is 0 Å². The number of thiophene rings is 1. The Bertz CT molecular complexity index is 624. The maximum atomic E-state index is 2.26. The molecule has 15 heavy (non-hydrogen) atoms. The van der Waals surface area contributed by atoms with Gasteiger partial charge in [0.15, 0.2) is 0 Å². The first kappa shape index (κ1) is 11.3. The Morgan fingerprint density at radius 2 is 2.00 bits per heavy atom. The monoisotopic (exact) mass is 347 g/mol. The molecule has 3 aromatic rings. The number of hydrogen-bond acceptors (Lipinski definition) is 2. The minimum atomic E-state index is 0. The van der Waals surface area contributed by atoms with Crippen molar-refractivity contribution in [3.05, 3.63) is 28.6 Å². The molecule has 0 aliphatic heterocycles. The molecule has 0 aliphatic carbocycles. The molecule has 0 unspecified atom stereocenters. The van der Waals surface area contributed by atoms with Gasteiger partial charge in [0.2, 0.25) is 10.5 Å². The lowest BCUT2D eigenvalue weighted by atomic mass is 10.2. The van der Waals surface area contributed by atoms with Gasteiger partial charge in [-0.25, -0.2) is 0 Å². The van der Waals surface area contributed by atoms with Crippen molar-refractivity contribution < 1.29 is 28.5 Å². The minimum absolute atomic E-state index is 0. The molecule has 4 heteroatoms. The van der Waals surface area contributed by atoms with E-state index in [9.17, 15) is 0 Å². The van der Waals surface area contributed by atoms with Crippen LogP contribution in [0.15, 0.2) is 23.6 Å². The minimum Gasteiger partial charge on any atom is -1.00 e. The Kier molecular flexibility index (Phi) is 3.00. The number of hydrogen-bond donors (Lipinski definition) is 0. The fourth-order valence-electron chi connectivity index (χ4n) is 1.76. The maximum absolute atomic E-state index is 2.26. The van der Waals surface area contributed by atoms with Crippen molar-refractivity contribution in [3.8, 4) is 0 Å². The molecule has 1 nitrogen and oxygen atoms in total. The quantitative estimate of drug-likeness (QED) is 0.406. The highest BCUT2D eigenvalue weighted by Gasteiger charge is 2.15. The topological polar surface area (TPSA) is 3.88 Å². The first-order chi connectivity index (χ1) is 6.77. The normalized spacial score (nSPS) is 10.8. The maximum Gasteiger partial charge on any atom is 0.234 e. The van der Waals surface area contributed by atoms with Gasteiger partial charge in [-0.1, -0.05) is 11.3 Å². The fraction of sp³-hybridized carbons (Fsp3) is 0.182. The number of halogens is 1. The van der Waals surface area contributed by atoms with Crippen molar-refractivity contribution in [2.45, 2.75) is 6.92 Å². The molecule has 1 aromatic carbocycles. The Morgan fingerprint density at radius 1 is 1.20 bits per heavy atom. The number of aryl methyl sites for hydroxylation is 2. The van der Waals surface area contributed by atoms with E-state index >= 15 is 0 Å². The molecule has 0 bridgehead atoms. The van der Waals surface area contributed by atoms with E-state index in [4.69, 9.17) is 0 Å². The van der Waals surface area contributed by atoms with Gasteiger partial charge in [-0.3, -0.25) is 0 Å². The second-order valence-corrected chi connectivity index (χ2v) is 5.58. The zero-order valence-corrected chi connectivity index (χ0v) is 12.2. The average molecular weight is 347 g/mol. The molecule has 0 N–H and O–H groups in total. The van der Waals surface area contributed by atoms with E-state index < -0.39 is 0 Å².